The van der Waals surface area contributed by atoms with Crippen molar-refractivity contribution < 1.29 is 14.3 Å². The van der Waals surface area contributed by atoms with E-state index in [9.17, 15) is 4.79 Å². The summed E-state index contributed by atoms with van der Waals surface area (Å²) in [6.07, 6.45) is 4.17. The zero-order chi connectivity index (χ0) is 21.5. The molecule has 1 fully saturated rings. The molecule has 0 spiro atoms. The van der Waals surface area contributed by atoms with Gasteiger partial charge in [0.15, 0.2) is 11.5 Å². The minimum atomic E-state index is 0.0510. The number of aromatic nitrogens is 4. The Morgan fingerprint density at radius 3 is 2.81 bits per heavy atom. The van der Waals surface area contributed by atoms with Crippen molar-refractivity contribution >= 4 is 23.4 Å². The highest BCUT2D eigenvalue weighted by atomic mass is 32.2. The summed E-state index contributed by atoms with van der Waals surface area (Å²) in [5.74, 6) is 2.22. The zero-order valence-electron chi connectivity index (χ0n) is 17.9. The predicted molar refractivity (Wildman–Crippen MR) is 117 cm³/mol. The van der Waals surface area contributed by atoms with Crippen LogP contribution in [0.25, 0.3) is 5.78 Å². The Balaban J connectivity index is 1.41. The zero-order valence-corrected chi connectivity index (χ0v) is 18.7. The lowest BCUT2D eigenvalue weighted by Gasteiger charge is -2.27. The van der Waals surface area contributed by atoms with Gasteiger partial charge in [-0.3, -0.25) is 4.79 Å². The van der Waals surface area contributed by atoms with Crippen LogP contribution in [-0.4, -0.2) is 56.4 Å². The molecule has 9 heteroatoms. The van der Waals surface area contributed by atoms with Crippen LogP contribution in [0.5, 0.6) is 11.5 Å². The van der Waals surface area contributed by atoms with Gasteiger partial charge in [0.1, 0.15) is 13.2 Å². The largest absolute Gasteiger partial charge is 0.486 e. The first-order chi connectivity index (χ1) is 15.0. The van der Waals surface area contributed by atoms with Gasteiger partial charge in [-0.25, -0.2) is 9.50 Å². The molecule has 2 aliphatic rings. The molecule has 162 valence electrons. The van der Waals surface area contributed by atoms with Crippen molar-refractivity contribution in [1.29, 1.82) is 0 Å². The van der Waals surface area contributed by atoms with E-state index in [0.29, 0.717) is 30.6 Å². The van der Waals surface area contributed by atoms with Crippen molar-refractivity contribution in [2.45, 2.75) is 44.3 Å². The summed E-state index contributed by atoms with van der Waals surface area (Å²) >= 11 is 1.48. The standard InChI is InChI=1S/C22H25N5O3S/c1-13-16(14(2)27-21(23-13)24-22(25-27)31-3)12-20(28)26-8-4-5-17(26)15-6-7-18-19(11-15)30-10-9-29-18/h6-7,11,17H,4-5,8-10,12H2,1-3H3. The number of ether oxygens (including phenoxy) is 2. The number of hydrogen-bond acceptors (Lipinski definition) is 7. The molecular formula is C22H25N5O3S. The number of thioether (sulfide) groups is 1. The fourth-order valence-electron chi connectivity index (χ4n) is 4.46. The molecule has 1 atom stereocenters. The summed E-state index contributed by atoms with van der Waals surface area (Å²) < 4.78 is 13.1. The van der Waals surface area contributed by atoms with Gasteiger partial charge in [0.25, 0.3) is 5.78 Å². The van der Waals surface area contributed by atoms with E-state index >= 15 is 0 Å². The fourth-order valence-corrected chi connectivity index (χ4v) is 4.80. The number of likely N-dealkylation sites (tertiary alicyclic amines) is 1. The van der Waals surface area contributed by atoms with Crippen molar-refractivity contribution in [3.63, 3.8) is 0 Å². The van der Waals surface area contributed by atoms with Gasteiger partial charge in [0, 0.05) is 23.5 Å². The molecule has 0 saturated carbocycles. The molecule has 0 radical (unpaired) electrons. The van der Waals surface area contributed by atoms with Crippen LogP contribution in [0.1, 0.15) is 41.4 Å². The molecular weight excluding hydrogens is 414 g/mol. The number of fused-ring (bicyclic) bond motifs is 2. The number of carbonyl (C=O) groups excluding carboxylic acids is 1. The minimum absolute atomic E-state index is 0.0510. The monoisotopic (exact) mass is 439 g/mol. The Morgan fingerprint density at radius 1 is 1.19 bits per heavy atom. The number of benzene rings is 1. The van der Waals surface area contributed by atoms with Gasteiger partial charge in [0.05, 0.1) is 12.5 Å². The molecule has 3 aromatic rings. The third kappa shape index (κ3) is 3.60. The lowest BCUT2D eigenvalue weighted by molar-refractivity contribution is -0.131. The van der Waals surface area contributed by atoms with Crippen LogP contribution in [0.15, 0.2) is 23.4 Å². The Hall–Kier alpha value is -2.81. The van der Waals surface area contributed by atoms with Crippen molar-refractivity contribution in [1.82, 2.24) is 24.5 Å². The fraction of sp³-hybridized carbons (Fsp3) is 0.455. The molecule has 1 unspecified atom stereocenters. The molecule has 1 amide bonds. The molecule has 0 N–H and O–H groups in total. The number of carbonyl (C=O) groups is 1. The average molecular weight is 440 g/mol. The van der Waals surface area contributed by atoms with Crippen molar-refractivity contribution in [3.8, 4) is 11.5 Å². The van der Waals surface area contributed by atoms with E-state index in [1.54, 1.807) is 4.52 Å². The van der Waals surface area contributed by atoms with Crippen molar-refractivity contribution in [3.05, 3.63) is 40.7 Å². The third-order valence-electron chi connectivity index (χ3n) is 6.06. The molecule has 0 aliphatic carbocycles. The first-order valence-electron chi connectivity index (χ1n) is 10.5. The van der Waals surface area contributed by atoms with Crippen LogP contribution in [0.3, 0.4) is 0 Å². The number of hydrogen-bond donors (Lipinski definition) is 0. The van der Waals surface area contributed by atoms with Crippen molar-refractivity contribution in [2.24, 2.45) is 0 Å². The van der Waals surface area contributed by atoms with Gasteiger partial charge in [-0.1, -0.05) is 17.8 Å². The summed E-state index contributed by atoms with van der Waals surface area (Å²) in [6, 6.07) is 6.07. The number of nitrogens with zero attached hydrogens (tertiary/aromatic N) is 5. The van der Waals surface area contributed by atoms with Gasteiger partial charge in [-0.2, -0.15) is 4.98 Å². The van der Waals surface area contributed by atoms with Gasteiger partial charge in [0.2, 0.25) is 11.1 Å². The first kappa shape index (κ1) is 20.1. The topological polar surface area (TPSA) is 81.9 Å². The van der Waals surface area contributed by atoms with E-state index in [1.165, 1.54) is 11.8 Å². The lowest BCUT2D eigenvalue weighted by Crippen LogP contribution is -2.32. The summed E-state index contributed by atoms with van der Waals surface area (Å²) in [6.45, 7) is 5.79. The highest BCUT2D eigenvalue weighted by molar-refractivity contribution is 7.98. The van der Waals surface area contributed by atoms with Crippen LogP contribution in [0.4, 0.5) is 0 Å². The van der Waals surface area contributed by atoms with Crippen molar-refractivity contribution in [2.75, 3.05) is 26.0 Å². The molecule has 1 saturated heterocycles. The molecule has 2 aliphatic heterocycles. The third-order valence-corrected chi connectivity index (χ3v) is 6.60. The second kappa shape index (κ2) is 8.03. The molecule has 0 bridgehead atoms. The normalized spacial score (nSPS) is 18.0. The maximum absolute atomic E-state index is 13.4. The van der Waals surface area contributed by atoms with Crippen LogP contribution in [0, 0.1) is 13.8 Å². The number of rotatable bonds is 4. The van der Waals surface area contributed by atoms with Crippen LogP contribution in [-0.2, 0) is 11.2 Å². The van der Waals surface area contributed by atoms with Crippen LogP contribution < -0.4 is 9.47 Å². The molecule has 8 nitrogen and oxygen atoms in total. The Labute approximate surface area is 185 Å². The highest BCUT2D eigenvalue weighted by Gasteiger charge is 2.31. The molecule has 4 heterocycles. The quantitative estimate of drug-likeness (QED) is 0.578. The maximum Gasteiger partial charge on any atom is 0.253 e. The summed E-state index contributed by atoms with van der Waals surface area (Å²) in [5.41, 5.74) is 3.76. The van der Waals surface area contributed by atoms with E-state index in [0.717, 1.165) is 53.4 Å². The Morgan fingerprint density at radius 2 is 2.00 bits per heavy atom. The number of aryl methyl sites for hydroxylation is 2. The molecule has 31 heavy (non-hydrogen) atoms. The smallest absolute Gasteiger partial charge is 0.253 e. The lowest BCUT2D eigenvalue weighted by atomic mass is 10.0. The van der Waals surface area contributed by atoms with E-state index in [4.69, 9.17) is 9.47 Å². The first-order valence-corrected chi connectivity index (χ1v) is 11.7. The number of amides is 1. The van der Waals surface area contributed by atoms with E-state index in [-0.39, 0.29) is 11.9 Å². The molecule has 2 aromatic heterocycles. The van der Waals surface area contributed by atoms with Crippen LogP contribution in [0.2, 0.25) is 0 Å². The summed E-state index contributed by atoms with van der Waals surface area (Å²) in [5, 5.41) is 5.17. The SMILES string of the molecule is CSc1nc2nc(C)c(CC(=O)N3CCCC3c3ccc4c(c3)OCCO4)c(C)n2n1. The maximum atomic E-state index is 13.4. The second-order valence-electron chi connectivity index (χ2n) is 7.90. The predicted octanol–water partition coefficient (Wildman–Crippen LogP) is 3.14. The van der Waals surface area contributed by atoms with Gasteiger partial charge >= 0.3 is 0 Å². The summed E-state index contributed by atoms with van der Waals surface area (Å²) in [4.78, 5) is 24.4. The van der Waals surface area contributed by atoms with E-state index in [2.05, 4.69) is 15.1 Å². The minimum Gasteiger partial charge on any atom is -0.486 e. The molecule has 1 aromatic carbocycles. The second-order valence-corrected chi connectivity index (χ2v) is 8.67. The van der Waals surface area contributed by atoms with Crippen LogP contribution >= 0.6 is 11.8 Å². The van der Waals surface area contributed by atoms with E-state index < -0.39 is 0 Å². The average Bonchev–Trinajstić information content (AvgIpc) is 3.43. The van der Waals surface area contributed by atoms with Gasteiger partial charge in [-0.05, 0) is 50.6 Å². The van der Waals surface area contributed by atoms with E-state index in [1.807, 2.05) is 43.2 Å². The summed E-state index contributed by atoms with van der Waals surface area (Å²) in [7, 11) is 0. The highest BCUT2D eigenvalue weighted by Crippen LogP contribution is 2.38. The van der Waals surface area contributed by atoms with Gasteiger partial charge < -0.3 is 14.4 Å². The molecule has 5 rings (SSSR count). The Bertz CT molecular complexity index is 1160. The Kier molecular flexibility index (Phi) is 5.21. The van der Waals surface area contributed by atoms with Gasteiger partial charge in [-0.15, -0.1) is 5.10 Å².